The van der Waals surface area contributed by atoms with E-state index >= 15 is 0 Å². The molecule has 0 aliphatic rings. The molecule has 0 N–H and O–H groups in total. The minimum atomic E-state index is -0.0696. The Kier molecular flexibility index (Phi) is 6.76. The number of furan rings is 1. The monoisotopic (exact) mass is 404 g/mol. The molecule has 4 heteroatoms. The van der Waals surface area contributed by atoms with Gasteiger partial charge in [-0.3, -0.25) is 9.78 Å². The standard InChI is InChI=1S/C26H32N2O2/c1-6-28(16-14-22-9-7-8-15-27-22)25(29)24-13-12-23(30-24)18-20-17-21(26(3,4)5)11-10-19(20)2/h7-13,15,17H,6,14,16,18H2,1-5H3. The van der Waals surface area contributed by atoms with Crippen molar-refractivity contribution in [2.24, 2.45) is 0 Å². The zero-order valence-electron chi connectivity index (χ0n) is 18.7. The number of likely N-dealkylation sites (N-methyl/N-ethyl adjacent to an activating group) is 1. The van der Waals surface area contributed by atoms with Gasteiger partial charge in [0.25, 0.3) is 5.91 Å². The molecule has 0 aliphatic carbocycles. The van der Waals surface area contributed by atoms with Crippen molar-refractivity contribution in [1.82, 2.24) is 9.88 Å². The lowest BCUT2D eigenvalue weighted by Crippen LogP contribution is -2.32. The van der Waals surface area contributed by atoms with Gasteiger partial charge in [-0.25, -0.2) is 0 Å². The van der Waals surface area contributed by atoms with Crippen LogP contribution in [0.1, 0.15) is 66.4 Å². The molecule has 3 aromatic rings. The Bertz CT molecular complexity index is 984. The van der Waals surface area contributed by atoms with E-state index in [1.54, 1.807) is 12.3 Å². The first-order valence-electron chi connectivity index (χ1n) is 10.7. The van der Waals surface area contributed by atoms with E-state index in [4.69, 9.17) is 4.42 Å². The molecule has 0 atom stereocenters. The third-order valence-corrected chi connectivity index (χ3v) is 5.49. The van der Waals surface area contributed by atoms with Gasteiger partial charge in [0.15, 0.2) is 5.76 Å². The molecule has 0 radical (unpaired) electrons. The molecule has 0 fully saturated rings. The van der Waals surface area contributed by atoms with E-state index in [9.17, 15) is 4.79 Å². The zero-order chi connectivity index (χ0) is 21.7. The fourth-order valence-electron chi connectivity index (χ4n) is 3.46. The van der Waals surface area contributed by atoms with E-state index in [1.807, 2.05) is 36.1 Å². The molecule has 4 nitrogen and oxygen atoms in total. The van der Waals surface area contributed by atoms with Crippen molar-refractivity contribution in [3.05, 3.63) is 88.6 Å². The lowest BCUT2D eigenvalue weighted by molar-refractivity contribution is 0.0732. The molecule has 0 saturated carbocycles. The maximum absolute atomic E-state index is 12.9. The maximum Gasteiger partial charge on any atom is 0.289 e. The van der Waals surface area contributed by atoms with Crippen molar-refractivity contribution in [3.8, 4) is 0 Å². The Labute approximate surface area is 179 Å². The van der Waals surface area contributed by atoms with E-state index in [2.05, 4.69) is 50.9 Å². The molecule has 30 heavy (non-hydrogen) atoms. The predicted octanol–water partition coefficient (Wildman–Crippen LogP) is 5.58. The second-order valence-electron chi connectivity index (χ2n) is 8.79. The number of nitrogens with zero attached hydrogens (tertiary/aromatic N) is 2. The molecule has 0 spiro atoms. The molecule has 0 aliphatic heterocycles. The summed E-state index contributed by atoms with van der Waals surface area (Å²) in [5, 5.41) is 0. The van der Waals surface area contributed by atoms with Gasteiger partial charge in [-0.1, -0.05) is 45.0 Å². The Balaban J connectivity index is 1.70. The van der Waals surface area contributed by atoms with Gasteiger partial charge < -0.3 is 9.32 Å². The lowest BCUT2D eigenvalue weighted by Gasteiger charge is -2.20. The van der Waals surface area contributed by atoms with Crippen LogP contribution in [0.2, 0.25) is 0 Å². The second-order valence-corrected chi connectivity index (χ2v) is 8.79. The van der Waals surface area contributed by atoms with Crippen molar-refractivity contribution in [2.75, 3.05) is 13.1 Å². The van der Waals surface area contributed by atoms with E-state index < -0.39 is 0 Å². The summed E-state index contributed by atoms with van der Waals surface area (Å²) in [6.07, 6.45) is 3.19. The molecule has 1 amide bonds. The first kappa shape index (κ1) is 21.8. The summed E-state index contributed by atoms with van der Waals surface area (Å²) in [6, 6.07) is 16.2. The summed E-state index contributed by atoms with van der Waals surface area (Å²) < 4.78 is 5.96. The van der Waals surface area contributed by atoms with E-state index in [0.29, 0.717) is 25.3 Å². The van der Waals surface area contributed by atoms with Crippen molar-refractivity contribution >= 4 is 5.91 Å². The smallest absolute Gasteiger partial charge is 0.289 e. The highest BCUT2D eigenvalue weighted by Crippen LogP contribution is 2.26. The van der Waals surface area contributed by atoms with Gasteiger partial charge in [0, 0.05) is 37.8 Å². The zero-order valence-corrected chi connectivity index (χ0v) is 18.7. The predicted molar refractivity (Wildman–Crippen MR) is 121 cm³/mol. The molecule has 2 heterocycles. The number of rotatable bonds is 7. The first-order valence-corrected chi connectivity index (χ1v) is 10.7. The molecule has 0 bridgehead atoms. The van der Waals surface area contributed by atoms with E-state index in [0.717, 1.165) is 17.9 Å². The summed E-state index contributed by atoms with van der Waals surface area (Å²) >= 11 is 0. The number of aromatic nitrogens is 1. The highest BCUT2D eigenvalue weighted by Gasteiger charge is 2.19. The summed E-state index contributed by atoms with van der Waals surface area (Å²) in [5.41, 5.74) is 4.86. The molecule has 158 valence electrons. The van der Waals surface area contributed by atoms with Crippen LogP contribution in [0.3, 0.4) is 0 Å². The van der Waals surface area contributed by atoms with Gasteiger partial charge in [0.1, 0.15) is 5.76 Å². The van der Waals surface area contributed by atoms with Gasteiger partial charge >= 0.3 is 0 Å². The Morgan fingerprint density at radius 3 is 2.57 bits per heavy atom. The van der Waals surface area contributed by atoms with Crippen LogP contribution in [0.25, 0.3) is 0 Å². The van der Waals surface area contributed by atoms with Crippen LogP contribution in [0.4, 0.5) is 0 Å². The highest BCUT2D eigenvalue weighted by atomic mass is 16.4. The number of hydrogen-bond acceptors (Lipinski definition) is 3. The van der Waals surface area contributed by atoms with Crippen LogP contribution in [0.5, 0.6) is 0 Å². The van der Waals surface area contributed by atoms with E-state index in [-0.39, 0.29) is 11.3 Å². The largest absolute Gasteiger partial charge is 0.456 e. The number of benzene rings is 1. The number of hydrogen-bond donors (Lipinski definition) is 0. The molecule has 2 aromatic heterocycles. The Morgan fingerprint density at radius 2 is 1.90 bits per heavy atom. The van der Waals surface area contributed by atoms with Crippen LogP contribution >= 0.6 is 0 Å². The average Bonchev–Trinajstić information content (AvgIpc) is 3.18. The Morgan fingerprint density at radius 1 is 1.10 bits per heavy atom. The fraction of sp³-hybridized carbons (Fsp3) is 0.385. The molecular formula is C26H32N2O2. The second kappa shape index (κ2) is 9.29. The van der Waals surface area contributed by atoms with Gasteiger partial charge in [-0.15, -0.1) is 0 Å². The van der Waals surface area contributed by atoms with Crippen LogP contribution in [0, 0.1) is 6.92 Å². The highest BCUT2D eigenvalue weighted by molar-refractivity contribution is 5.91. The molecule has 1 aromatic carbocycles. The summed E-state index contributed by atoms with van der Waals surface area (Å²) in [4.78, 5) is 19.1. The normalized spacial score (nSPS) is 11.5. The molecule has 0 saturated heterocycles. The SMILES string of the molecule is CCN(CCc1ccccn1)C(=O)c1ccc(Cc2cc(C(C)(C)C)ccc2C)o1. The summed E-state index contributed by atoms with van der Waals surface area (Å²) in [5.74, 6) is 1.14. The summed E-state index contributed by atoms with van der Waals surface area (Å²) in [7, 11) is 0. The van der Waals surface area contributed by atoms with Crippen molar-refractivity contribution in [1.29, 1.82) is 0 Å². The lowest BCUT2D eigenvalue weighted by atomic mass is 9.85. The minimum Gasteiger partial charge on any atom is -0.456 e. The van der Waals surface area contributed by atoms with Gasteiger partial charge in [0.05, 0.1) is 0 Å². The van der Waals surface area contributed by atoms with Gasteiger partial charge in [-0.2, -0.15) is 0 Å². The topological polar surface area (TPSA) is 46.3 Å². The van der Waals surface area contributed by atoms with E-state index in [1.165, 1.54) is 16.7 Å². The van der Waals surface area contributed by atoms with Crippen molar-refractivity contribution in [2.45, 2.75) is 52.9 Å². The summed E-state index contributed by atoms with van der Waals surface area (Å²) in [6.45, 7) is 12.0. The van der Waals surface area contributed by atoms with Crippen LogP contribution in [-0.2, 0) is 18.3 Å². The van der Waals surface area contributed by atoms with Gasteiger partial charge in [0.2, 0.25) is 0 Å². The quantitative estimate of drug-likeness (QED) is 0.517. The number of aryl methyl sites for hydroxylation is 1. The number of amides is 1. The third-order valence-electron chi connectivity index (χ3n) is 5.49. The average molecular weight is 405 g/mol. The third kappa shape index (κ3) is 5.38. The van der Waals surface area contributed by atoms with Crippen LogP contribution in [-0.4, -0.2) is 28.9 Å². The fourth-order valence-corrected chi connectivity index (χ4v) is 3.46. The maximum atomic E-state index is 12.9. The van der Waals surface area contributed by atoms with Crippen LogP contribution in [0.15, 0.2) is 59.1 Å². The van der Waals surface area contributed by atoms with Crippen molar-refractivity contribution in [3.63, 3.8) is 0 Å². The molecular weight excluding hydrogens is 372 g/mol. The van der Waals surface area contributed by atoms with Crippen molar-refractivity contribution < 1.29 is 9.21 Å². The first-order chi connectivity index (χ1) is 14.3. The minimum absolute atomic E-state index is 0.0696. The number of pyridine rings is 1. The number of carbonyl (C=O) groups excluding carboxylic acids is 1. The Hall–Kier alpha value is -2.88. The number of carbonyl (C=O) groups is 1. The molecule has 3 rings (SSSR count). The molecule has 0 unspecified atom stereocenters. The van der Waals surface area contributed by atoms with Gasteiger partial charge in [-0.05, 0) is 60.2 Å². The van der Waals surface area contributed by atoms with Crippen LogP contribution < -0.4 is 0 Å².